The standard InChI is InChI=1S/C15H15N3S/c1-2-16-9-12-10-19-15(18-12)14-13-6-4-3-5-11(13)7-8-17-14/h3-8,10,16H,2,9H2,1H3. The highest BCUT2D eigenvalue weighted by atomic mass is 32.1. The van der Waals surface area contributed by atoms with Crippen LogP contribution in [0.25, 0.3) is 21.5 Å². The van der Waals surface area contributed by atoms with Crippen molar-refractivity contribution in [2.45, 2.75) is 13.5 Å². The number of rotatable bonds is 4. The molecule has 2 aromatic heterocycles. The Morgan fingerprint density at radius 3 is 3.00 bits per heavy atom. The number of nitrogens with one attached hydrogen (secondary N) is 1. The molecule has 0 bridgehead atoms. The van der Waals surface area contributed by atoms with E-state index in [1.165, 1.54) is 5.39 Å². The first-order valence-corrected chi connectivity index (χ1v) is 7.25. The second kappa shape index (κ2) is 5.47. The summed E-state index contributed by atoms with van der Waals surface area (Å²) in [6, 6.07) is 10.3. The van der Waals surface area contributed by atoms with Crippen LogP contribution >= 0.6 is 11.3 Å². The number of benzene rings is 1. The highest BCUT2D eigenvalue weighted by Gasteiger charge is 2.09. The molecular formula is C15H15N3S. The molecule has 3 nitrogen and oxygen atoms in total. The molecular weight excluding hydrogens is 254 g/mol. The smallest absolute Gasteiger partial charge is 0.142 e. The molecule has 0 spiro atoms. The summed E-state index contributed by atoms with van der Waals surface area (Å²) in [4.78, 5) is 9.16. The first-order valence-electron chi connectivity index (χ1n) is 6.37. The third-order valence-electron chi connectivity index (χ3n) is 2.98. The van der Waals surface area contributed by atoms with Crippen LogP contribution in [0.2, 0.25) is 0 Å². The average molecular weight is 269 g/mol. The van der Waals surface area contributed by atoms with E-state index in [1.54, 1.807) is 11.3 Å². The van der Waals surface area contributed by atoms with Gasteiger partial charge in [0.1, 0.15) is 10.7 Å². The molecule has 4 heteroatoms. The molecule has 0 aliphatic heterocycles. The molecule has 19 heavy (non-hydrogen) atoms. The van der Waals surface area contributed by atoms with Crippen molar-refractivity contribution in [3.63, 3.8) is 0 Å². The molecule has 3 rings (SSSR count). The third kappa shape index (κ3) is 2.50. The predicted octanol–water partition coefficient (Wildman–Crippen LogP) is 3.47. The van der Waals surface area contributed by atoms with Crippen molar-refractivity contribution in [1.29, 1.82) is 0 Å². The fourth-order valence-electron chi connectivity index (χ4n) is 2.04. The van der Waals surface area contributed by atoms with E-state index in [2.05, 4.69) is 39.7 Å². The molecule has 0 radical (unpaired) electrons. The van der Waals surface area contributed by atoms with Crippen LogP contribution in [0.4, 0.5) is 0 Å². The van der Waals surface area contributed by atoms with Gasteiger partial charge in [0.15, 0.2) is 0 Å². The molecule has 0 fully saturated rings. The number of pyridine rings is 1. The van der Waals surface area contributed by atoms with Gasteiger partial charge in [0.25, 0.3) is 0 Å². The lowest BCUT2D eigenvalue weighted by Crippen LogP contribution is -2.11. The van der Waals surface area contributed by atoms with E-state index in [0.717, 1.165) is 34.9 Å². The third-order valence-corrected chi connectivity index (χ3v) is 3.88. The van der Waals surface area contributed by atoms with Crippen LogP contribution < -0.4 is 5.32 Å². The van der Waals surface area contributed by atoms with Gasteiger partial charge in [0.05, 0.1) is 5.69 Å². The number of thiazole rings is 1. The monoisotopic (exact) mass is 269 g/mol. The Labute approximate surface area is 116 Å². The number of aromatic nitrogens is 2. The predicted molar refractivity (Wildman–Crippen MR) is 80.2 cm³/mol. The van der Waals surface area contributed by atoms with Crippen molar-refractivity contribution in [2.75, 3.05) is 6.54 Å². The Kier molecular flexibility index (Phi) is 3.53. The lowest BCUT2D eigenvalue weighted by Gasteiger charge is -2.02. The van der Waals surface area contributed by atoms with E-state index < -0.39 is 0 Å². The summed E-state index contributed by atoms with van der Waals surface area (Å²) < 4.78 is 0. The molecule has 0 saturated carbocycles. The maximum absolute atomic E-state index is 4.66. The minimum absolute atomic E-state index is 0.817. The first kappa shape index (κ1) is 12.3. The van der Waals surface area contributed by atoms with Gasteiger partial charge in [-0.15, -0.1) is 11.3 Å². The van der Waals surface area contributed by atoms with E-state index in [-0.39, 0.29) is 0 Å². The molecule has 3 aromatic rings. The lowest BCUT2D eigenvalue weighted by atomic mass is 10.1. The van der Waals surface area contributed by atoms with E-state index >= 15 is 0 Å². The summed E-state index contributed by atoms with van der Waals surface area (Å²) in [6.07, 6.45) is 1.85. The zero-order valence-electron chi connectivity index (χ0n) is 10.8. The van der Waals surface area contributed by atoms with Gasteiger partial charge in [-0.25, -0.2) is 4.98 Å². The molecule has 1 N–H and O–H groups in total. The summed E-state index contributed by atoms with van der Waals surface area (Å²) in [5.41, 5.74) is 2.06. The topological polar surface area (TPSA) is 37.8 Å². The summed E-state index contributed by atoms with van der Waals surface area (Å²) in [5.74, 6) is 0. The van der Waals surface area contributed by atoms with Crippen molar-refractivity contribution < 1.29 is 0 Å². The van der Waals surface area contributed by atoms with E-state index in [9.17, 15) is 0 Å². The van der Waals surface area contributed by atoms with E-state index in [4.69, 9.17) is 0 Å². The van der Waals surface area contributed by atoms with Gasteiger partial charge in [0.2, 0.25) is 0 Å². The second-order valence-electron chi connectivity index (χ2n) is 4.31. The molecule has 0 aliphatic carbocycles. The van der Waals surface area contributed by atoms with Gasteiger partial charge in [-0.05, 0) is 18.0 Å². The fourth-order valence-corrected chi connectivity index (χ4v) is 2.87. The quantitative estimate of drug-likeness (QED) is 0.788. The van der Waals surface area contributed by atoms with Crippen molar-refractivity contribution in [2.24, 2.45) is 0 Å². The average Bonchev–Trinajstić information content (AvgIpc) is 2.93. The Morgan fingerprint density at radius 1 is 1.21 bits per heavy atom. The van der Waals surface area contributed by atoms with Gasteiger partial charge in [-0.1, -0.05) is 31.2 Å². The summed E-state index contributed by atoms with van der Waals surface area (Å²) in [7, 11) is 0. The Bertz CT molecular complexity index is 685. The van der Waals surface area contributed by atoms with Crippen LogP contribution in [-0.2, 0) is 6.54 Å². The minimum atomic E-state index is 0.817. The normalized spacial score (nSPS) is 11.0. The van der Waals surface area contributed by atoms with Gasteiger partial charge < -0.3 is 5.32 Å². The zero-order valence-corrected chi connectivity index (χ0v) is 11.6. The molecule has 0 aliphatic rings. The lowest BCUT2D eigenvalue weighted by molar-refractivity contribution is 0.715. The largest absolute Gasteiger partial charge is 0.311 e. The molecule has 0 unspecified atom stereocenters. The summed E-state index contributed by atoms with van der Waals surface area (Å²) in [6.45, 7) is 3.87. The Hall–Kier alpha value is -1.78. The van der Waals surface area contributed by atoms with Crippen molar-refractivity contribution in [1.82, 2.24) is 15.3 Å². The highest BCUT2D eigenvalue weighted by Crippen LogP contribution is 2.28. The first-order chi connectivity index (χ1) is 9.38. The van der Waals surface area contributed by atoms with E-state index in [0.29, 0.717) is 0 Å². The SMILES string of the molecule is CCNCc1csc(-c2nccc3ccccc23)n1. The highest BCUT2D eigenvalue weighted by molar-refractivity contribution is 7.13. The Balaban J connectivity index is 2.02. The molecule has 2 heterocycles. The Morgan fingerprint density at radius 2 is 2.11 bits per heavy atom. The van der Waals surface area contributed by atoms with E-state index in [1.807, 2.05) is 24.4 Å². The molecule has 96 valence electrons. The van der Waals surface area contributed by atoms with Crippen LogP contribution in [0.1, 0.15) is 12.6 Å². The van der Waals surface area contributed by atoms with Crippen LogP contribution in [0.3, 0.4) is 0 Å². The maximum atomic E-state index is 4.66. The number of nitrogens with zero attached hydrogens (tertiary/aromatic N) is 2. The second-order valence-corrected chi connectivity index (χ2v) is 5.16. The molecule has 0 atom stereocenters. The summed E-state index contributed by atoms with van der Waals surface area (Å²) >= 11 is 1.65. The number of hydrogen-bond acceptors (Lipinski definition) is 4. The molecule has 0 amide bonds. The summed E-state index contributed by atoms with van der Waals surface area (Å²) in [5, 5.41) is 8.75. The fraction of sp³-hybridized carbons (Fsp3) is 0.200. The van der Waals surface area contributed by atoms with Crippen LogP contribution in [-0.4, -0.2) is 16.5 Å². The van der Waals surface area contributed by atoms with Crippen LogP contribution in [0.15, 0.2) is 41.9 Å². The van der Waals surface area contributed by atoms with Crippen LogP contribution in [0, 0.1) is 0 Å². The van der Waals surface area contributed by atoms with Crippen molar-refractivity contribution >= 4 is 22.1 Å². The number of fused-ring (bicyclic) bond motifs is 1. The van der Waals surface area contributed by atoms with Gasteiger partial charge in [0, 0.05) is 23.5 Å². The number of hydrogen-bond donors (Lipinski definition) is 1. The van der Waals surface area contributed by atoms with Crippen LogP contribution in [0.5, 0.6) is 0 Å². The van der Waals surface area contributed by atoms with Gasteiger partial charge in [-0.3, -0.25) is 4.98 Å². The molecule has 1 aromatic carbocycles. The van der Waals surface area contributed by atoms with Gasteiger partial charge >= 0.3 is 0 Å². The minimum Gasteiger partial charge on any atom is -0.311 e. The van der Waals surface area contributed by atoms with Gasteiger partial charge in [-0.2, -0.15) is 0 Å². The van der Waals surface area contributed by atoms with Crippen molar-refractivity contribution in [3.8, 4) is 10.7 Å². The maximum Gasteiger partial charge on any atom is 0.142 e. The molecule has 0 saturated heterocycles. The zero-order chi connectivity index (χ0) is 13.1. The van der Waals surface area contributed by atoms with Crippen molar-refractivity contribution in [3.05, 3.63) is 47.6 Å².